The maximum atomic E-state index is 8.30. The lowest BCUT2D eigenvalue weighted by Gasteiger charge is -2.38. The van der Waals surface area contributed by atoms with Crippen LogP contribution in [0.25, 0.3) is 11.0 Å². The number of benzene rings is 1. The molecule has 1 unspecified atom stereocenters. The van der Waals surface area contributed by atoms with Gasteiger partial charge in [-0.3, -0.25) is 0 Å². The van der Waals surface area contributed by atoms with Crippen LogP contribution in [0.4, 0.5) is 0 Å². The number of nitrogens with one attached hydrogen (secondary N) is 1. The third-order valence-corrected chi connectivity index (χ3v) is 5.85. The predicted molar refractivity (Wildman–Crippen MR) is 85.9 cm³/mol. The van der Waals surface area contributed by atoms with Gasteiger partial charge in [-0.05, 0) is 62.8 Å². The zero-order valence-corrected chi connectivity index (χ0v) is 13.5. The molecule has 2 aromatic rings. The van der Waals surface area contributed by atoms with Crippen molar-refractivity contribution in [2.24, 2.45) is 0 Å². The van der Waals surface area contributed by atoms with Crippen LogP contribution in [0.2, 0.25) is 1.41 Å². The van der Waals surface area contributed by atoms with Gasteiger partial charge in [0, 0.05) is 18.0 Å². The molecular weight excluding hydrogens is 258 g/mol. The number of piperidine rings is 1. The Hall–Kier alpha value is -1.48. The quantitative estimate of drug-likeness (QED) is 0.805. The maximum absolute atomic E-state index is 8.30. The van der Waals surface area contributed by atoms with Crippen molar-refractivity contribution >= 4 is 11.0 Å². The molecule has 0 radical (unpaired) electrons. The van der Waals surface area contributed by atoms with E-state index in [4.69, 9.17) is 11.4 Å². The van der Waals surface area contributed by atoms with E-state index in [1.165, 1.54) is 16.7 Å². The number of aryl methyl sites for hydroxylation is 3. The Kier molecular flexibility index (Phi) is 2.33. The highest BCUT2D eigenvalue weighted by atomic mass is 15.0. The Morgan fingerprint density at radius 2 is 2.00 bits per heavy atom. The summed E-state index contributed by atoms with van der Waals surface area (Å²) >= 11 is 0. The Labute approximate surface area is 127 Å². The summed E-state index contributed by atoms with van der Waals surface area (Å²) in [5, 5.41) is 1.77. The van der Waals surface area contributed by atoms with E-state index in [-0.39, 0.29) is 11.5 Å². The molecule has 2 bridgehead atoms. The van der Waals surface area contributed by atoms with Gasteiger partial charge in [-0.15, -0.1) is 0 Å². The lowest BCUT2D eigenvalue weighted by atomic mass is 9.74. The van der Waals surface area contributed by atoms with E-state index in [1.54, 1.807) is 5.31 Å². The van der Waals surface area contributed by atoms with Crippen molar-refractivity contribution in [1.82, 2.24) is 15.3 Å². The molecule has 3 nitrogen and oxygen atoms in total. The molecule has 0 saturated carbocycles. The standard InChI is InChI=1S/C18H23N3/c1-9-16-14(13-7-18(16,5)12(4)19-8-13)6-15-17(9)21-11(3)10(2)20-15/h6,12-13,19H,7-8H2,1-5H3/t12?,13-,18+/m0/s1/i/hD. The summed E-state index contributed by atoms with van der Waals surface area (Å²) in [5.41, 5.74) is 8.25. The summed E-state index contributed by atoms with van der Waals surface area (Å²) in [6.45, 7) is 11.6. The number of fused-ring (bicyclic) bond motifs is 6. The number of hydrogen-bond acceptors (Lipinski definition) is 3. The molecule has 2 heterocycles. The second kappa shape index (κ2) is 4.04. The molecule has 3 atom stereocenters. The van der Waals surface area contributed by atoms with Gasteiger partial charge in [-0.2, -0.15) is 0 Å². The number of hydrogen-bond donors (Lipinski definition) is 1. The number of rotatable bonds is 0. The van der Waals surface area contributed by atoms with E-state index in [1.807, 2.05) is 13.8 Å². The maximum Gasteiger partial charge on any atom is 0.123 e. The van der Waals surface area contributed by atoms with Gasteiger partial charge in [0.15, 0.2) is 0 Å². The van der Waals surface area contributed by atoms with Crippen LogP contribution in [-0.4, -0.2) is 22.6 Å². The minimum absolute atomic E-state index is 0.0543. The van der Waals surface area contributed by atoms with Crippen LogP contribution in [-0.2, 0) is 5.41 Å². The van der Waals surface area contributed by atoms with E-state index >= 15 is 0 Å². The van der Waals surface area contributed by atoms with Crippen LogP contribution in [0.15, 0.2) is 6.07 Å². The van der Waals surface area contributed by atoms with Crippen molar-refractivity contribution in [2.75, 3.05) is 6.54 Å². The Balaban J connectivity index is 2.07. The molecule has 0 amide bonds. The summed E-state index contributed by atoms with van der Waals surface area (Å²) in [6, 6.07) is 2.49. The van der Waals surface area contributed by atoms with Gasteiger partial charge < -0.3 is 5.31 Å². The molecule has 110 valence electrons. The zero-order chi connectivity index (χ0) is 15.8. The van der Waals surface area contributed by atoms with E-state index in [0.29, 0.717) is 5.92 Å². The van der Waals surface area contributed by atoms with Gasteiger partial charge in [0.1, 0.15) is 1.41 Å². The predicted octanol–water partition coefficient (Wildman–Crippen LogP) is 3.29. The monoisotopic (exact) mass is 282 g/mol. The molecule has 1 fully saturated rings. The summed E-state index contributed by atoms with van der Waals surface area (Å²) in [5.74, 6) is 0.459. The van der Waals surface area contributed by atoms with Crippen molar-refractivity contribution in [3.63, 3.8) is 0 Å². The molecule has 21 heavy (non-hydrogen) atoms. The first-order chi connectivity index (χ1) is 10.3. The van der Waals surface area contributed by atoms with Crippen LogP contribution in [0, 0.1) is 20.8 Å². The minimum atomic E-state index is 0.0543. The molecule has 1 N–H and O–H groups in total. The lowest BCUT2D eigenvalue weighted by molar-refractivity contribution is 0.268. The highest BCUT2D eigenvalue weighted by Gasteiger charge is 2.48. The fourth-order valence-corrected chi connectivity index (χ4v) is 4.38. The molecule has 3 heteroatoms. The van der Waals surface area contributed by atoms with E-state index in [0.717, 1.165) is 35.4 Å². The summed E-state index contributed by atoms with van der Waals surface area (Å²) < 4.78 is 8.30. The number of nitrogens with zero attached hydrogens (tertiary/aromatic N) is 2. The highest BCUT2D eigenvalue weighted by Crippen LogP contribution is 2.52. The second-order valence-electron chi connectivity index (χ2n) is 7.09. The lowest BCUT2D eigenvalue weighted by Crippen LogP contribution is -2.48. The summed E-state index contributed by atoms with van der Waals surface area (Å²) in [4.78, 5) is 9.58. The Morgan fingerprint density at radius 1 is 1.29 bits per heavy atom. The van der Waals surface area contributed by atoms with Crippen LogP contribution >= 0.6 is 0 Å². The van der Waals surface area contributed by atoms with Gasteiger partial charge in [-0.25, -0.2) is 9.97 Å². The molecule has 1 aliphatic heterocycles. The first kappa shape index (κ1) is 12.1. The van der Waals surface area contributed by atoms with Gasteiger partial charge >= 0.3 is 0 Å². The number of aromatic nitrogens is 2. The molecule has 4 rings (SSSR count). The summed E-state index contributed by atoms with van der Waals surface area (Å²) in [6.07, 6.45) is 1.15. The van der Waals surface area contributed by atoms with Crippen molar-refractivity contribution in [3.05, 3.63) is 34.1 Å². The van der Waals surface area contributed by atoms with Crippen LogP contribution in [0.5, 0.6) is 0 Å². The third kappa shape index (κ3) is 1.58. The third-order valence-electron chi connectivity index (χ3n) is 5.85. The normalized spacial score (nSPS) is 32.3. The van der Waals surface area contributed by atoms with Crippen molar-refractivity contribution < 1.29 is 1.41 Å². The van der Waals surface area contributed by atoms with Crippen LogP contribution in [0.1, 0.15) is 54.3 Å². The molecule has 0 spiro atoms. The average Bonchev–Trinajstić information content (AvgIpc) is 2.70. The largest absolute Gasteiger partial charge is 0.313 e. The molecule has 1 saturated heterocycles. The topological polar surface area (TPSA) is 37.8 Å². The van der Waals surface area contributed by atoms with E-state index in [9.17, 15) is 0 Å². The first-order valence-corrected chi connectivity index (χ1v) is 7.87. The Bertz CT molecular complexity index is 801. The minimum Gasteiger partial charge on any atom is -0.313 e. The molecule has 2 aliphatic rings. The van der Waals surface area contributed by atoms with E-state index < -0.39 is 0 Å². The first-order valence-electron chi connectivity index (χ1n) is 8.32. The van der Waals surface area contributed by atoms with Crippen molar-refractivity contribution in [2.45, 2.75) is 58.4 Å². The van der Waals surface area contributed by atoms with Crippen LogP contribution < -0.4 is 5.31 Å². The molecule has 1 aromatic carbocycles. The van der Waals surface area contributed by atoms with Crippen molar-refractivity contribution in [3.8, 4) is 0 Å². The SMILES string of the molecule is [2H]N1C[C@@H]2C[C@@](C)(c3c2cc2nc(C)c(C)nc2c3C)C1C. The molecule has 1 aromatic heterocycles. The van der Waals surface area contributed by atoms with Crippen LogP contribution in [0.3, 0.4) is 0 Å². The van der Waals surface area contributed by atoms with Gasteiger partial charge in [0.25, 0.3) is 0 Å². The fourth-order valence-electron chi connectivity index (χ4n) is 4.38. The molecule has 1 aliphatic carbocycles. The Morgan fingerprint density at radius 3 is 2.76 bits per heavy atom. The van der Waals surface area contributed by atoms with Gasteiger partial charge in [0.2, 0.25) is 0 Å². The highest BCUT2D eigenvalue weighted by molar-refractivity contribution is 5.82. The average molecular weight is 282 g/mol. The smallest absolute Gasteiger partial charge is 0.123 e. The fraction of sp³-hybridized carbons (Fsp3) is 0.556. The second-order valence-corrected chi connectivity index (χ2v) is 7.09. The van der Waals surface area contributed by atoms with Crippen molar-refractivity contribution in [1.29, 1.82) is 0 Å². The van der Waals surface area contributed by atoms with Gasteiger partial charge in [0.05, 0.1) is 22.4 Å². The summed E-state index contributed by atoms with van der Waals surface area (Å²) in [7, 11) is 0. The van der Waals surface area contributed by atoms with Gasteiger partial charge in [-0.1, -0.05) is 6.92 Å². The van der Waals surface area contributed by atoms with E-state index in [2.05, 4.69) is 26.8 Å². The molecular formula is C18H23N3. The zero-order valence-electron chi connectivity index (χ0n) is 14.5.